The number of halogens is 1. The zero-order valence-corrected chi connectivity index (χ0v) is 24.8. The third kappa shape index (κ3) is 7.65. The number of rotatable bonds is 11. The number of aromatic nitrogens is 5. The molecule has 0 bridgehead atoms. The average molecular weight is 628 g/mol. The molecule has 2 aromatic carbocycles. The first-order valence-electron chi connectivity index (χ1n) is 14.2. The topological polar surface area (TPSA) is 174 Å². The van der Waals surface area contributed by atoms with Crippen molar-refractivity contribution in [3.05, 3.63) is 113 Å². The monoisotopic (exact) mass is 627 g/mol. The number of benzene rings is 2. The third-order valence-electron chi connectivity index (χ3n) is 6.89. The van der Waals surface area contributed by atoms with E-state index in [0.717, 1.165) is 16.3 Å². The van der Waals surface area contributed by atoms with Crippen molar-refractivity contribution < 1.29 is 28.2 Å². The van der Waals surface area contributed by atoms with Gasteiger partial charge >= 0.3 is 6.09 Å². The zero-order valence-electron chi connectivity index (χ0n) is 24.8. The van der Waals surface area contributed by atoms with Gasteiger partial charge < -0.3 is 19.6 Å². The Balaban J connectivity index is 1.37. The quantitative estimate of drug-likeness (QED) is 0.193. The van der Waals surface area contributed by atoms with E-state index < -0.39 is 42.1 Å². The minimum atomic E-state index is -1.39. The minimum Gasteiger partial charge on any atom is -0.444 e. The van der Waals surface area contributed by atoms with Gasteiger partial charge in [0.2, 0.25) is 17.7 Å². The van der Waals surface area contributed by atoms with Crippen LogP contribution in [0.4, 0.5) is 14.9 Å². The van der Waals surface area contributed by atoms with Gasteiger partial charge in [-0.15, -0.1) is 10.2 Å². The number of carbonyl (C=O) groups is 2. The first kappa shape index (κ1) is 31.7. The Morgan fingerprint density at radius 2 is 1.76 bits per heavy atom. The fourth-order valence-corrected chi connectivity index (χ4v) is 4.52. The van der Waals surface area contributed by atoms with Crippen molar-refractivity contribution >= 4 is 17.7 Å². The molecule has 13 nitrogen and oxygen atoms in total. The normalized spacial score (nSPS) is 12.4. The summed E-state index contributed by atoms with van der Waals surface area (Å²) in [5.41, 5.74) is 0.633. The fraction of sp³-hybridized carbons (Fsp3) is 0.219. The molecule has 0 radical (unpaired) electrons. The number of amides is 2. The maximum atomic E-state index is 13.7. The van der Waals surface area contributed by atoms with Crippen LogP contribution in [-0.4, -0.2) is 47.9 Å². The van der Waals surface area contributed by atoms with Crippen molar-refractivity contribution in [1.29, 1.82) is 0 Å². The van der Waals surface area contributed by atoms with Gasteiger partial charge in [-0.2, -0.15) is 0 Å². The Morgan fingerprint density at radius 1 is 1.00 bits per heavy atom. The second kappa shape index (κ2) is 14.3. The van der Waals surface area contributed by atoms with E-state index in [-0.39, 0.29) is 35.8 Å². The first-order valence-corrected chi connectivity index (χ1v) is 14.2. The number of anilines is 1. The van der Waals surface area contributed by atoms with Crippen LogP contribution in [-0.2, 0) is 22.7 Å². The summed E-state index contributed by atoms with van der Waals surface area (Å²) in [6, 6.07) is 16.7. The van der Waals surface area contributed by atoms with E-state index in [1.165, 1.54) is 30.5 Å². The molecular weight excluding hydrogens is 597 g/mol. The molecule has 5 aromatic rings. The minimum absolute atomic E-state index is 0.0347. The van der Waals surface area contributed by atoms with Crippen LogP contribution in [0, 0.1) is 11.7 Å². The van der Waals surface area contributed by atoms with Gasteiger partial charge in [-0.25, -0.2) is 14.2 Å². The fourth-order valence-electron chi connectivity index (χ4n) is 4.52. The summed E-state index contributed by atoms with van der Waals surface area (Å²) >= 11 is 0. The van der Waals surface area contributed by atoms with E-state index in [2.05, 4.69) is 30.8 Å². The lowest BCUT2D eigenvalue weighted by atomic mass is 9.98. The van der Waals surface area contributed by atoms with Crippen molar-refractivity contribution in [2.45, 2.75) is 39.1 Å². The highest BCUT2D eigenvalue weighted by molar-refractivity contribution is 5.84. The SMILES string of the molecule is CC(C)[C@H](NC(=O)Cn1c(-c2ccc(F)cc2)ncc(NC(=O)OCc2ccccc2)c1=O)C(O)c1nnc(-c2cccnc2)o1. The highest BCUT2D eigenvalue weighted by Crippen LogP contribution is 2.25. The number of ether oxygens (including phenoxy) is 1. The molecule has 3 aromatic heterocycles. The maximum Gasteiger partial charge on any atom is 0.412 e. The average Bonchev–Trinajstić information content (AvgIpc) is 3.56. The van der Waals surface area contributed by atoms with Crippen LogP contribution in [0.3, 0.4) is 0 Å². The van der Waals surface area contributed by atoms with E-state index in [1.807, 2.05) is 6.07 Å². The number of pyridine rings is 1. The molecule has 14 heteroatoms. The molecule has 0 saturated heterocycles. The zero-order chi connectivity index (χ0) is 32.6. The lowest BCUT2D eigenvalue weighted by molar-refractivity contribution is -0.124. The summed E-state index contributed by atoms with van der Waals surface area (Å²) < 4.78 is 25.6. The number of nitrogens with one attached hydrogen (secondary N) is 2. The number of hydrogen-bond donors (Lipinski definition) is 3. The Morgan fingerprint density at radius 3 is 2.46 bits per heavy atom. The molecule has 0 saturated carbocycles. The smallest absolute Gasteiger partial charge is 0.412 e. The maximum absolute atomic E-state index is 13.7. The van der Waals surface area contributed by atoms with Gasteiger partial charge in [0.25, 0.3) is 5.56 Å². The van der Waals surface area contributed by atoms with Gasteiger partial charge in [-0.1, -0.05) is 44.2 Å². The number of nitrogens with zero attached hydrogens (tertiary/aromatic N) is 5. The third-order valence-corrected chi connectivity index (χ3v) is 6.89. The second-order valence-corrected chi connectivity index (χ2v) is 10.5. The van der Waals surface area contributed by atoms with E-state index >= 15 is 0 Å². The summed E-state index contributed by atoms with van der Waals surface area (Å²) in [5, 5.41) is 24.1. The van der Waals surface area contributed by atoms with Crippen molar-refractivity contribution in [2.24, 2.45) is 5.92 Å². The molecule has 236 valence electrons. The number of hydrogen-bond acceptors (Lipinski definition) is 10. The second-order valence-electron chi connectivity index (χ2n) is 10.5. The highest BCUT2D eigenvalue weighted by atomic mass is 19.1. The molecule has 2 amide bonds. The van der Waals surface area contributed by atoms with Gasteiger partial charge in [0.15, 0.2) is 6.10 Å². The molecule has 3 heterocycles. The predicted octanol–water partition coefficient (Wildman–Crippen LogP) is 4.12. The van der Waals surface area contributed by atoms with E-state index in [1.54, 1.807) is 56.4 Å². The summed E-state index contributed by atoms with van der Waals surface area (Å²) in [4.78, 5) is 47.8. The van der Waals surface area contributed by atoms with E-state index in [4.69, 9.17) is 9.15 Å². The molecule has 0 fully saturated rings. The van der Waals surface area contributed by atoms with Crippen LogP contribution < -0.4 is 16.2 Å². The largest absolute Gasteiger partial charge is 0.444 e. The van der Waals surface area contributed by atoms with Gasteiger partial charge in [0, 0.05) is 18.0 Å². The Bertz CT molecular complexity index is 1850. The van der Waals surface area contributed by atoms with E-state index in [0.29, 0.717) is 11.1 Å². The molecule has 1 unspecified atom stereocenters. The van der Waals surface area contributed by atoms with E-state index in [9.17, 15) is 23.9 Å². The summed E-state index contributed by atoms with van der Waals surface area (Å²) in [6.45, 7) is 2.95. The van der Waals surface area contributed by atoms with Gasteiger partial charge in [0.05, 0.1) is 17.8 Å². The molecule has 3 N–H and O–H groups in total. The molecule has 0 aliphatic rings. The standard InChI is InChI=1S/C32H30FN7O6/c1-19(2)26(27(42)30-39-38-29(46-30)22-9-6-14-34-15-22)37-25(41)17-40-28(21-10-12-23(33)13-11-21)35-16-24(31(40)43)36-32(44)45-18-20-7-4-3-5-8-20/h3-16,19,26-27,42H,17-18H2,1-2H3,(H,36,44)(H,37,41)/t26-,27?/m0/s1. The van der Waals surface area contributed by atoms with Crippen LogP contribution in [0.15, 0.2) is 94.5 Å². The van der Waals surface area contributed by atoms with Gasteiger partial charge in [-0.05, 0) is 47.9 Å². The Labute approximate surface area is 262 Å². The number of aliphatic hydroxyl groups is 1. The molecule has 5 rings (SSSR count). The molecule has 0 spiro atoms. The van der Waals surface area contributed by atoms with Crippen LogP contribution in [0.25, 0.3) is 22.8 Å². The van der Waals surface area contributed by atoms with Gasteiger partial charge in [0.1, 0.15) is 30.5 Å². The predicted molar refractivity (Wildman–Crippen MR) is 163 cm³/mol. The number of carbonyl (C=O) groups excluding carboxylic acids is 2. The first-order chi connectivity index (χ1) is 22.2. The Hall–Kier alpha value is -5.76. The Kier molecular flexibility index (Phi) is 9.87. The molecule has 0 aliphatic carbocycles. The molecular formula is C32H30FN7O6. The summed E-state index contributed by atoms with van der Waals surface area (Å²) in [6.07, 6.45) is 1.96. The van der Waals surface area contributed by atoms with Crippen molar-refractivity contribution in [3.63, 3.8) is 0 Å². The molecule has 2 atom stereocenters. The summed E-state index contributed by atoms with van der Waals surface area (Å²) in [5.74, 6) is -1.42. The van der Waals surface area contributed by atoms with Crippen molar-refractivity contribution in [1.82, 2.24) is 30.0 Å². The number of aliphatic hydroxyl groups excluding tert-OH is 1. The molecule has 46 heavy (non-hydrogen) atoms. The highest BCUT2D eigenvalue weighted by Gasteiger charge is 2.31. The molecule has 0 aliphatic heterocycles. The lowest BCUT2D eigenvalue weighted by Crippen LogP contribution is -2.45. The van der Waals surface area contributed by atoms with Crippen molar-refractivity contribution in [3.8, 4) is 22.8 Å². The lowest BCUT2D eigenvalue weighted by Gasteiger charge is -2.26. The van der Waals surface area contributed by atoms with Gasteiger partial charge in [-0.3, -0.25) is 24.5 Å². The van der Waals surface area contributed by atoms with Crippen LogP contribution in [0.1, 0.15) is 31.4 Å². The summed E-state index contributed by atoms with van der Waals surface area (Å²) in [7, 11) is 0. The van der Waals surface area contributed by atoms with Crippen molar-refractivity contribution in [2.75, 3.05) is 5.32 Å². The van der Waals surface area contributed by atoms with Crippen LogP contribution >= 0.6 is 0 Å². The van der Waals surface area contributed by atoms with Crippen LogP contribution in [0.5, 0.6) is 0 Å². The van der Waals surface area contributed by atoms with Crippen LogP contribution in [0.2, 0.25) is 0 Å².